The monoisotopic (exact) mass is 350 g/mol. The second kappa shape index (κ2) is 9.57. The number of amides is 2. The summed E-state index contributed by atoms with van der Waals surface area (Å²) in [5, 5.41) is 2.91. The fourth-order valence-corrected chi connectivity index (χ4v) is 3.37. The predicted octanol–water partition coefficient (Wildman–Crippen LogP) is 3.02. The molecule has 1 aliphatic rings. The van der Waals surface area contributed by atoms with Crippen LogP contribution < -0.4 is 10.1 Å². The summed E-state index contributed by atoms with van der Waals surface area (Å²) in [7, 11) is 1.61. The lowest BCUT2D eigenvalue weighted by Gasteiger charge is -2.31. The van der Waals surface area contributed by atoms with Gasteiger partial charge in [0.05, 0.1) is 12.9 Å². The van der Waals surface area contributed by atoms with Crippen molar-refractivity contribution in [2.45, 2.75) is 25.7 Å². The number of nitrogens with one attached hydrogen (secondary N) is 1. The van der Waals surface area contributed by atoms with Crippen LogP contribution in [0.2, 0.25) is 0 Å². The van der Waals surface area contributed by atoms with E-state index in [1.54, 1.807) is 18.9 Å². The maximum absolute atomic E-state index is 12.1. The molecular formula is C18H26N2O3S. The van der Waals surface area contributed by atoms with Gasteiger partial charge in [-0.05, 0) is 43.6 Å². The Bertz CT molecular complexity index is 557. The summed E-state index contributed by atoms with van der Waals surface area (Å²) in [5.74, 6) is 2.09. The number of carbonyl (C=O) groups excluding carboxylic acids is 2. The molecule has 1 aromatic carbocycles. The fraction of sp³-hybridized carbons (Fsp3) is 0.556. The van der Waals surface area contributed by atoms with Crippen molar-refractivity contribution in [1.29, 1.82) is 0 Å². The average molecular weight is 350 g/mol. The molecule has 0 aromatic heterocycles. The number of hydrogen-bond acceptors (Lipinski definition) is 4. The van der Waals surface area contributed by atoms with Crippen LogP contribution in [0.25, 0.3) is 0 Å². The van der Waals surface area contributed by atoms with Crippen molar-refractivity contribution >= 4 is 29.3 Å². The zero-order valence-electron chi connectivity index (χ0n) is 14.4. The van der Waals surface area contributed by atoms with Gasteiger partial charge in [-0.15, -0.1) is 0 Å². The molecule has 2 rings (SSSR count). The highest BCUT2D eigenvalue weighted by Gasteiger charge is 2.22. The normalized spacial score (nSPS) is 15.2. The first-order valence-electron chi connectivity index (χ1n) is 8.33. The van der Waals surface area contributed by atoms with Gasteiger partial charge in [0.1, 0.15) is 5.75 Å². The van der Waals surface area contributed by atoms with Gasteiger partial charge in [-0.1, -0.05) is 6.07 Å². The van der Waals surface area contributed by atoms with E-state index in [4.69, 9.17) is 4.74 Å². The van der Waals surface area contributed by atoms with Gasteiger partial charge in [-0.2, -0.15) is 11.8 Å². The van der Waals surface area contributed by atoms with Gasteiger partial charge in [0.15, 0.2) is 0 Å². The van der Waals surface area contributed by atoms with Crippen molar-refractivity contribution in [3.05, 3.63) is 24.3 Å². The highest BCUT2D eigenvalue weighted by Crippen LogP contribution is 2.23. The van der Waals surface area contributed by atoms with Crippen molar-refractivity contribution in [1.82, 2.24) is 4.90 Å². The minimum Gasteiger partial charge on any atom is -0.497 e. The van der Waals surface area contributed by atoms with Crippen LogP contribution >= 0.6 is 11.8 Å². The third-order valence-electron chi connectivity index (χ3n) is 4.37. The molecule has 1 aliphatic heterocycles. The van der Waals surface area contributed by atoms with Crippen LogP contribution in [0, 0.1) is 5.92 Å². The molecule has 1 heterocycles. The molecule has 6 heteroatoms. The summed E-state index contributed by atoms with van der Waals surface area (Å²) in [6, 6.07) is 7.38. The molecule has 0 atom stereocenters. The molecule has 2 amide bonds. The Morgan fingerprint density at radius 3 is 2.75 bits per heavy atom. The smallest absolute Gasteiger partial charge is 0.232 e. The summed E-state index contributed by atoms with van der Waals surface area (Å²) in [5.41, 5.74) is 0.761. The summed E-state index contributed by atoms with van der Waals surface area (Å²) in [6.45, 7) is 1.64. The fourth-order valence-electron chi connectivity index (χ4n) is 2.95. The van der Waals surface area contributed by atoms with Crippen LogP contribution in [0.5, 0.6) is 5.75 Å². The Balaban J connectivity index is 1.70. The van der Waals surface area contributed by atoms with E-state index in [-0.39, 0.29) is 11.8 Å². The van der Waals surface area contributed by atoms with E-state index >= 15 is 0 Å². The zero-order chi connectivity index (χ0) is 17.4. The van der Waals surface area contributed by atoms with Gasteiger partial charge in [0.2, 0.25) is 11.8 Å². The molecule has 1 aromatic rings. The minimum atomic E-state index is 0.0316. The zero-order valence-corrected chi connectivity index (χ0v) is 15.2. The number of methoxy groups -OCH3 is 1. The number of thioether (sulfide) groups is 1. The van der Waals surface area contributed by atoms with Gasteiger partial charge < -0.3 is 15.0 Å². The number of piperidine rings is 1. The van der Waals surface area contributed by atoms with E-state index in [1.807, 2.05) is 35.4 Å². The highest BCUT2D eigenvalue weighted by molar-refractivity contribution is 7.99. The van der Waals surface area contributed by atoms with E-state index in [2.05, 4.69) is 5.32 Å². The van der Waals surface area contributed by atoms with E-state index in [9.17, 15) is 9.59 Å². The molecule has 24 heavy (non-hydrogen) atoms. The van der Waals surface area contributed by atoms with E-state index < -0.39 is 0 Å². The molecular weight excluding hydrogens is 324 g/mol. The molecule has 0 bridgehead atoms. The Hall–Kier alpha value is -1.69. The Morgan fingerprint density at radius 1 is 1.33 bits per heavy atom. The quantitative estimate of drug-likeness (QED) is 0.821. The number of rotatable bonds is 7. The van der Waals surface area contributed by atoms with Gasteiger partial charge in [-0.3, -0.25) is 9.59 Å². The predicted molar refractivity (Wildman–Crippen MR) is 98.5 cm³/mol. The number of anilines is 1. The first kappa shape index (κ1) is 18.6. The van der Waals surface area contributed by atoms with Crippen molar-refractivity contribution in [3.8, 4) is 5.75 Å². The van der Waals surface area contributed by atoms with Crippen LogP contribution in [0.15, 0.2) is 24.3 Å². The van der Waals surface area contributed by atoms with Gasteiger partial charge in [0, 0.05) is 31.3 Å². The molecule has 0 radical (unpaired) electrons. The molecule has 1 fully saturated rings. The van der Waals surface area contributed by atoms with Crippen LogP contribution in [0.4, 0.5) is 5.69 Å². The summed E-state index contributed by atoms with van der Waals surface area (Å²) >= 11 is 1.57. The van der Waals surface area contributed by atoms with Crippen molar-refractivity contribution in [3.63, 3.8) is 0 Å². The third kappa shape index (κ3) is 5.74. The van der Waals surface area contributed by atoms with Gasteiger partial charge >= 0.3 is 0 Å². The number of ether oxygens (including phenoxy) is 1. The number of carbonyl (C=O) groups is 2. The van der Waals surface area contributed by atoms with E-state index in [0.29, 0.717) is 18.1 Å². The van der Waals surface area contributed by atoms with Crippen LogP contribution in [0.1, 0.15) is 25.7 Å². The standard InChI is InChI=1S/C18H26N2O3S/c1-23-16-5-3-4-15(12-16)19-17(21)7-6-14-8-10-20(11-9-14)18(22)13-24-2/h3-5,12,14H,6-11,13H2,1-2H3,(H,19,21). The third-order valence-corrected chi connectivity index (χ3v) is 4.90. The highest BCUT2D eigenvalue weighted by atomic mass is 32.2. The molecule has 1 saturated heterocycles. The Labute approximate surface area is 148 Å². The molecule has 132 valence electrons. The van der Waals surface area contributed by atoms with Crippen LogP contribution in [0.3, 0.4) is 0 Å². The van der Waals surface area contributed by atoms with Crippen LogP contribution in [-0.4, -0.2) is 48.9 Å². The van der Waals surface area contributed by atoms with Gasteiger partial charge in [-0.25, -0.2) is 0 Å². The first-order chi connectivity index (χ1) is 11.6. The lowest BCUT2D eigenvalue weighted by Crippen LogP contribution is -2.39. The Morgan fingerprint density at radius 2 is 2.08 bits per heavy atom. The summed E-state index contributed by atoms with van der Waals surface area (Å²) in [6.07, 6.45) is 5.33. The van der Waals surface area contributed by atoms with Crippen molar-refractivity contribution < 1.29 is 14.3 Å². The average Bonchev–Trinajstić information content (AvgIpc) is 2.61. The molecule has 0 spiro atoms. The lowest BCUT2D eigenvalue weighted by atomic mass is 9.92. The van der Waals surface area contributed by atoms with Crippen LogP contribution in [-0.2, 0) is 9.59 Å². The number of nitrogens with zero attached hydrogens (tertiary/aromatic N) is 1. The molecule has 0 saturated carbocycles. The Kier molecular flexibility index (Phi) is 7.43. The number of hydrogen-bond donors (Lipinski definition) is 1. The van der Waals surface area contributed by atoms with E-state index in [0.717, 1.165) is 43.8 Å². The molecule has 0 aliphatic carbocycles. The van der Waals surface area contributed by atoms with Crippen molar-refractivity contribution in [2.75, 3.05) is 37.5 Å². The largest absolute Gasteiger partial charge is 0.497 e. The molecule has 1 N–H and O–H groups in total. The molecule has 5 nitrogen and oxygen atoms in total. The number of likely N-dealkylation sites (tertiary alicyclic amines) is 1. The second-order valence-electron chi connectivity index (χ2n) is 6.08. The second-order valence-corrected chi connectivity index (χ2v) is 6.94. The summed E-state index contributed by atoms with van der Waals surface area (Å²) < 4.78 is 5.15. The lowest BCUT2D eigenvalue weighted by molar-refractivity contribution is -0.130. The number of benzene rings is 1. The minimum absolute atomic E-state index is 0.0316. The molecule has 0 unspecified atom stereocenters. The topological polar surface area (TPSA) is 58.6 Å². The van der Waals surface area contributed by atoms with Crippen molar-refractivity contribution in [2.24, 2.45) is 5.92 Å². The maximum atomic E-state index is 12.1. The maximum Gasteiger partial charge on any atom is 0.232 e. The first-order valence-corrected chi connectivity index (χ1v) is 9.72. The van der Waals surface area contributed by atoms with E-state index in [1.165, 1.54) is 0 Å². The summed E-state index contributed by atoms with van der Waals surface area (Å²) in [4.78, 5) is 25.9. The SMILES string of the molecule is COc1cccc(NC(=O)CCC2CCN(C(=O)CSC)CC2)c1. The van der Waals surface area contributed by atoms with Gasteiger partial charge in [0.25, 0.3) is 0 Å².